The molecule has 16 heavy (non-hydrogen) atoms. The van der Waals surface area contributed by atoms with E-state index in [0.29, 0.717) is 12.1 Å². The highest BCUT2D eigenvalue weighted by atomic mass is 19.1. The summed E-state index contributed by atoms with van der Waals surface area (Å²) < 4.78 is 13.3. The van der Waals surface area contributed by atoms with Gasteiger partial charge in [-0.05, 0) is 25.1 Å². The SMILES string of the molecule is CCNC(=O)c1cc(C#CCO)ccc1F. The lowest BCUT2D eigenvalue weighted by atomic mass is 10.1. The lowest BCUT2D eigenvalue weighted by molar-refractivity contribution is 0.0952. The molecule has 1 aromatic rings. The van der Waals surface area contributed by atoms with E-state index in [9.17, 15) is 9.18 Å². The minimum absolute atomic E-state index is 0.0356. The molecule has 0 bridgehead atoms. The van der Waals surface area contributed by atoms with Gasteiger partial charge in [0.25, 0.3) is 5.91 Å². The second-order valence-corrected chi connectivity index (χ2v) is 3.01. The maximum absolute atomic E-state index is 13.3. The highest BCUT2D eigenvalue weighted by Crippen LogP contribution is 2.09. The van der Waals surface area contributed by atoms with Crippen LogP contribution in [-0.2, 0) is 0 Å². The third-order valence-electron chi connectivity index (χ3n) is 1.86. The molecule has 0 spiro atoms. The average molecular weight is 221 g/mol. The monoisotopic (exact) mass is 221 g/mol. The Hall–Kier alpha value is -1.86. The summed E-state index contributed by atoms with van der Waals surface area (Å²) in [6.45, 7) is 1.92. The highest BCUT2D eigenvalue weighted by molar-refractivity contribution is 5.94. The van der Waals surface area contributed by atoms with Crippen LogP contribution in [0.2, 0.25) is 0 Å². The van der Waals surface area contributed by atoms with Crippen molar-refractivity contribution < 1.29 is 14.3 Å². The van der Waals surface area contributed by atoms with Crippen LogP contribution in [0.4, 0.5) is 4.39 Å². The van der Waals surface area contributed by atoms with Crippen molar-refractivity contribution in [3.05, 3.63) is 35.1 Å². The number of carbonyl (C=O) groups excluding carboxylic acids is 1. The molecule has 84 valence electrons. The normalized spacial score (nSPS) is 9.19. The standard InChI is InChI=1S/C12H12FNO2/c1-2-14-12(16)10-8-9(4-3-7-15)5-6-11(10)13/h5-6,8,15H,2,7H2,1H3,(H,14,16). The predicted molar refractivity (Wildman–Crippen MR) is 58.4 cm³/mol. The van der Waals surface area contributed by atoms with Crippen LogP contribution < -0.4 is 5.32 Å². The van der Waals surface area contributed by atoms with Crippen LogP contribution in [0.1, 0.15) is 22.8 Å². The van der Waals surface area contributed by atoms with Crippen LogP contribution in [0.15, 0.2) is 18.2 Å². The van der Waals surface area contributed by atoms with E-state index >= 15 is 0 Å². The van der Waals surface area contributed by atoms with E-state index in [2.05, 4.69) is 17.2 Å². The fourth-order valence-corrected chi connectivity index (χ4v) is 1.17. The minimum Gasteiger partial charge on any atom is -0.384 e. The van der Waals surface area contributed by atoms with Gasteiger partial charge in [-0.3, -0.25) is 4.79 Å². The van der Waals surface area contributed by atoms with E-state index in [1.54, 1.807) is 6.92 Å². The number of halogens is 1. The number of amides is 1. The smallest absolute Gasteiger partial charge is 0.254 e. The summed E-state index contributed by atoms with van der Waals surface area (Å²) in [7, 11) is 0. The number of nitrogens with one attached hydrogen (secondary N) is 1. The molecule has 0 fully saturated rings. The van der Waals surface area contributed by atoms with Gasteiger partial charge in [0.15, 0.2) is 0 Å². The van der Waals surface area contributed by atoms with Gasteiger partial charge in [0.05, 0.1) is 5.56 Å². The summed E-state index contributed by atoms with van der Waals surface area (Å²) in [6.07, 6.45) is 0. The molecule has 0 aromatic heterocycles. The fourth-order valence-electron chi connectivity index (χ4n) is 1.17. The summed E-state index contributed by atoms with van der Waals surface area (Å²) in [4.78, 5) is 11.4. The quantitative estimate of drug-likeness (QED) is 0.729. The molecule has 0 saturated carbocycles. The molecule has 2 N–H and O–H groups in total. The van der Waals surface area contributed by atoms with E-state index in [0.717, 1.165) is 0 Å². The average Bonchev–Trinajstić information content (AvgIpc) is 2.28. The van der Waals surface area contributed by atoms with Crippen molar-refractivity contribution in [1.29, 1.82) is 0 Å². The number of rotatable bonds is 2. The molecule has 0 aliphatic heterocycles. The lowest BCUT2D eigenvalue weighted by Gasteiger charge is -2.03. The van der Waals surface area contributed by atoms with E-state index < -0.39 is 11.7 Å². The van der Waals surface area contributed by atoms with Crippen LogP contribution in [-0.4, -0.2) is 24.2 Å². The summed E-state index contributed by atoms with van der Waals surface area (Å²) in [6, 6.07) is 4.01. The van der Waals surface area contributed by atoms with Gasteiger partial charge in [0.1, 0.15) is 12.4 Å². The van der Waals surface area contributed by atoms with Crippen LogP contribution in [0.3, 0.4) is 0 Å². The van der Waals surface area contributed by atoms with Gasteiger partial charge in [0, 0.05) is 12.1 Å². The number of carbonyl (C=O) groups is 1. The van der Waals surface area contributed by atoms with Crippen LogP contribution in [0, 0.1) is 17.7 Å². The van der Waals surface area contributed by atoms with Gasteiger partial charge in [0.2, 0.25) is 0 Å². The van der Waals surface area contributed by atoms with Crippen LogP contribution in [0.25, 0.3) is 0 Å². The first-order valence-corrected chi connectivity index (χ1v) is 4.86. The maximum Gasteiger partial charge on any atom is 0.254 e. The second kappa shape index (κ2) is 5.89. The zero-order valence-electron chi connectivity index (χ0n) is 8.88. The molecule has 0 atom stereocenters. The number of benzene rings is 1. The molecule has 1 amide bonds. The Labute approximate surface area is 93.3 Å². The van der Waals surface area contributed by atoms with Gasteiger partial charge in [-0.2, -0.15) is 0 Å². The van der Waals surface area contributed by atoms with E-state index in [-0.39, 0.29) is 12.2 Å². The Bertz CT molecular complexity index is 446. The third kappa shape index (κ3) is 3.07. The van der Waals surface area contributed by atoms with E-state index in [1.807, 2.05) is 0 Å². The molecule has 0 aliphatic carbocycles. The fraction of sp³-hybridized carbons (Fsp3) is 0.250. The van der Waals surface area contributed by atoms with Crippen molar-refractivity contribution >= 4 is 5.91 Å². The molecule has 3 nitrogen and oxygen atoms in total. The van der Waals surface area contributed by atoms with Gasteiger partial charge in [-0.25, -0.2) is 4.39 Å². The first kappa shape index (κ1) is 12.2. The van der Waals surface area contributed by atoms with Crippen molar-refractivity contribution in [2.45, 2.75) is 6.92 Å². The van der Waals surface area contributed by atoms with Crippen molar-refractivity contribution in [3.63, 3.8) is 0 Å². The first-order chi connectivity index (χ1) is 7.69. The second-order valence-electron chi connectivity index (χ2n) is 3.01. The molecule has 0 heterocycles. The van der Waals surface area contributed by atoms with Crippen LogP contribution in [0.5, 0.6) is 0 Å². The summed E-state index contributed by atoms with van der Waals surface area (Å²) in [5, 5.41) is 11.0. The van der Waals surface area contributed by atoms with E-state index in [4.69, 9.17) is 5.11 Å². The predicted octanol–water partition coefficient (Wildman–Crippen LogP) is 0.919. The molecule has 0 unspecified atom stereocenters. The van der Waals surface area contributed by atoms with E-state index in [1.165, 1.54) is 18.2 Å². The maximum atomic E-state index is 13.3. The minimum atomic E-state index is -0.583. The molecular weight excluding hydrogens is 209 g/mol. The van der Waals surface area contributed by atoms with Gasteiger partial charge in [-0.1, -0.05) is 11.8 Å². The number of aliphatic hydroxyl groups is 1. The van der Waals surface area contributed by atoms with Crippen molar-refractivity contribution in [3.8, 4) is 11.8 Å². The van der Waals surface area contributed by atoms with Crippen molar-refractivity contribution in [1.82, 2.24) is 5.32 Å². The molecule has 1 rings (SSSR count). The Morgan fingerprint density at radius 3 is 2.94 bits per heavy atom. The number of hydrogen-bond donors (Lipinski definition) is 2. The summed E-state index contributed by atoms with van der Waals surface area (Å²) in [5.74, 6) is 4.00. The third-order valence-corrected chi connectivity index (χ3v) is 1.86. The Balaban J connectivity index is 3.03. The zero-order valence-corrected chi connectivity index (χ0v) is 8.88. The molecule has 0 saturated heterocycles. The largest absolute Gasteiger partial charge is 0.384 e. The van der Waals surface area contributed by atoms with Crippen molar-refractivity contribution in [2.75, 3.05) is 13.2 Å². The molecular formula is C12H12FNO2. The van der Waals surface area contributed by atoms with Crippen LogP contribution >= 0.6 is 0 Å². The van der Waals surface area contributed by atoms with Gasteiger partial charge in [-0.15, -0.1) is 0 Å². The Morgan fingerprint density at radius 1 is 1.56 bits per heavy atom. The number of aliphatic hydroxyl groups excluding tert-OH is 1. The first-order valence-electron chi connectivity index (χ1n) is 4.86. The summed E-state index contributed by atoms with van der Waals surface area (Å²) >= 11 is 0. The molecule has 0 radical (unpaired) electrons. The molecule has 0 aliphatic rings. The summed E-state index contributed by atoms with van der Waals surface area (Å²) in [5.41, 5.74) is 0.461. The van der Waals surface area contributed by atoms with Crippen molar-refractivity contribution in [2.24, 2.45) is 0 Å². The topological polar surface area (TPSA) is 49.3 Å². The Kier molecular flexibility index (Phi) is 4.49. The lowest BCUT2D eigenvalue weighted by Crippen LogP contribution is -2.23. The zero-order chi connectivity index (χ0) is 12.0. The van der Waals surface area contributed by atoms with Gasteiger partial charge < -0.3 is 10.4 Å². The highest BCUT2D eigenvalue weighted by Gasteiger charge is 2.10. The molecule has 4 heteroatoms. The Morgan fingerprint density at radius 2 is 2.31 bits per heavy atom. The number of hydrogen-bond acceptors (Lipinski definition) is 2. The molecule has 1 aromatic carbocycles. The van der Waals surface area contributed by atoms with Gasteiger partial charge >= 0.3 is 0 Å².